The van der Waals surface area contributed by atoms with Crippen molar-refractivity contribution in [2.24, 2.45) is 11.8 Å². The molecule has 1 saturated heterocycles. The normalized spacial score (nSPS) is 25.2. The van der Waals surface area contributed by atoms with Crippen LogP contribution in [-0.4, -0.2) is 5.97 Å². The zero-order valence-electron chi connectivity index (χ0n) is 7.38. The molecule has 2 unspecified atom stereocenters. The van der Waals surface area contributed by atoms with E-state index in [9.17, 15) is 4.79 Å². The van der Waals surface area contributed by atoms with E-state index in [1.165, 1.54) is 0 Å². The molecule has 0 radical (unpaired) electrons. The van der Waals surface area contributed by atoms with Crippen molar-refractivity contribution in [2.75, 3.05) is 0 Å². The molecular formula is C10H14O2. The van der Waals surface area contributed by atoms with E-state index in [0.29, 0.717) is 12.2 Å². The fraction of sp³-hybridized carbons (Fsp3) is 0.500. The van der Waals surface area contributed by atoms with Gasteiger partial charge in [-0.25, -0.2) is 0 Å². The molecule has 1 rings (SSSR count). The maximum Gasteiger partial charge on any atom is 0.315 e. The Labute approximate surface area is 72.9 Å². The van der Waals surface area contributed by atoms with Crippen LogP contribution in [-0.2, 0) is 9.53 Å². The molecular weight excluding hydrogens is 152 g/mol. The highest BCUT2D eigenvalue weighted by molar-refractivity contribution is 5.77. The summed E-state index contributed by atoms with van der Waals surface area (Å²) in [6.45, 7) is 9.37. The maximum absolute atomic E-state index is 11.2. The second kappa shape index (κ2) is 3.57. The summed E-state index contributed by atoms with van der Waals surface area (Å²) in [5.41, 5.74) is 0. The van der Waals surface area contributed by atoms with Crippen LogP contribution in [0.2, 0.25) is 0 Å². The minimum Gasteiger partial charge on any atom is -0.431 e. The molecule has 1 aliphatic rings. The van der Waals surface area contributed by atoms with Crippen LogP contribution < -0.4 is 0 Å². The van der Waals surface area contributed by atoms with Gasteiger partial charge >= 0.3 is 5.97 Å². The lowest BCUT2D eigenvalue weighted by molar-refractivity contribution is -0.140. The largest absolute Gasteiger partial charge is 0.431 e. The third-order valence-electron chi connectivity index (χ3n) is 2.29. The standard InChI is InChI=1S/C10H14O2/c1-4-8(5-2)9-6-7(3)12-10(9)11/h4,8-9H,1,3,5-6H2,2H3. The Morgan fingerprint density at radius 3 is 2.83 bits per heavy atom. The van der Waals surface area contributed by atoms with E-state index in [1.807, 2.05) is 13.0 Å². The lowest BCUT2D eigenvalue weighted by Gasteiger charge is -2.12. The van der Waals surface area contributed by atoms with Crippen LogP contribution in [0.4, 0.5) is 0 Å². The van der Waals surface area contributed by atoms with Gasteiger partial charge in [-0.05, 0) is 12.3 Å². The summed E-state index contributed by atoms with van der Waals surface area (Å²) in [5, 5.41) is 0. The third kappa shape index (κ3) is 1.58. The Balaban J connectivity index is 2.68. The van der Waals surface area contributed by atoms with Gasteiger partial charge in [0.25, 0.3) is 0 Å². The van der Waals surface area contributed by atoms with Crippen LogP contribution in [0.15, 0.2) is 25.0 Å². The number of hydrogen-bond donors (Lipinski definition) is 0. The molecule has 0 aromatic rings. The summed E-state index contributed by atoms with van der Waals surface area (Å²) >= 11 is 0. The highest BCUT2D eigenvalue weighted by Crippen LogP contribution is 2.31. The second-order valence-corrected chi connectivity index (χ2v) is 3.08. The first kappa shape index (κ1) is 9.04. The van der Waals surface area contributed by atoms with Crippen LogP contribution in [0.3, 0.4) is 0 Å². The Bertz CT molecular complexity index is 218. The van der Waals surface area contributed by atoms with Crippen LogP contribution in [0.5, 0.6) is 0 Å². The van der Waals surface area contributed by atoms with Crippen molar-refractivity contribution in [3.8, 4) is 0 Å². The number of carbonyl (C=O) groups excluding carboxylic acids is 1. The summed E-state index contributed by atoms with van der Waals surface area (Å²) in [5.74, 6) is 0.633. The summed E-state index contributed by atoms with van der Waals surface area (Å²) in [6.07, 6.45) is 3.41. The molecule has 0 aromatic heterocycles. The van der Waals surface area contributed by atoms with Crippen LogP contribution >= 0.6 is 0 Å². The molecule has 2 nitrogen and oxygen atoms in total. The van der Waals surface area contributed by atoms with E-state index < -0.39 is 0 Å². The van der Waals surface area contributed by atoms with E-state index in [4.69, 9.17) is 4.74 Å². The molecule has 1 aliphatic heterocycles. The first-order chi connectivity index (χ1) is 5.69. The van der Waals surface area contributed by atoms with Crippen molar-refractivity contribution < 1.29 is 9.53 Å². The minimum absolute atomic E-state index is 0.0417. The molecule has 0 aliphatic carbocycles. The predicted octanol–water partition coefficient (Wildman–Crippen LogP) is 2.28. The number of allylic oxidation sites excluding steroid dienone is 2. The van der Waals surface area contributed by atoms with E-state index in [1.54, 1.807) is 0 Å². The van der Waals surface area contributed by atoms with Crippen molar-refractivity contribution in [2.45, 2.75) is 19.8 Å². The van der Waals surface area contributed by atoms with Crippen LogP contribution in [0.25, 0.3) is 0 Å². The molecule has 0 N–H and O–H groups in total. The number of esters is 1. The average molecular weight is 166 g/mol. The number of rotatable bonds is 3. The molecule has 2 atom stereocenters. The van der Waals surface area contributed by atoms with Gasteiger partial charge in [0.05, 0.1) is 5.92 Å². The second-order valence-electron chi connectivity index (χ2n) is 3.08. The highest BCUT2D eigenvalue weighted by atomic mass is 16.5. The number of hydrogen-bond acceptors (Lipinski definition) is 2. The van der Waals surface area contributed by atoms with E-state index in [0.717, 1.165) is 6.42 Å². The van der Waals surface area contributed by atoms with Gasteiger partial charge in [-0.15, -0.1) is 6.58 Å². The minimum atomic E-state index is -0.147. The third-order valence-corrected chi connectivity index (χ3v) is 2.29. The van der Waals surface area contributed by atoms with Crippen molar-refractivity contribution in [3.05, 3.63) is 25.0 Å². The van der Waals surface area contributed by atoms with Crippen molar-refractivity contribution in [1.29, 1.82) is 0 Å². The first-order valence-electron chi connectivity index (χ1n) is 4.21. The van der Waals surface area contributed by atoms with Gasteiger partial charge in [-0.3, -0.25) is 4.79 Å². The maximum atomic E-state index is 11.2. The fourth-order valence-electron chi connectivity index (χ4n) is 1.53. The summed E-state index contributed by atoms with van der Waals surface area (Å²) in [6, 6.07) is 0. The van der Waals surface area contributed by atoms with Gasteiger partial charge in [0.15, 0.2) is 0 Å². The van der Waals surface area contributed by atoms with Crippen LogP contribution in [0, 0.1) is 11.8 Å². The summed E-state index contributed by atoms with van der Waals surface area (Å²) in [7, 11) is 0. The van der Waals surface area contributed by atoms with E-state index >= 15 is 0 Å². The first-order valence-corrected chi connectivity index (χ1v) is 4.21. The van der Waals surface area contributed by atoms with Crippen molar-refractivity contribution >= 4 is 5.97 Å². The smallest absolute Gasteiger partial charge is 0.315 e. The molecule has 0 spiro atoms. The summed E-state index contributed by atoms with van der Waals surface area (Å²) < 4.78 is 4.88. The van der Waals surface area contributed by atoms with E-state index in [2.05, 4.69) is 13.2 Å². The number of cyclic esters (lactones) is 1. The van der Waals surface area contributed by atoms with Gasteiger partial charge in [0.2, 0.25) is 0 Å². The molecule has 12 heavy (non-hydrogen) atoms. The van der Waals surface area contributed by atoms with Crippen LogP contribution in [0.1, 0.15) is 19.8 Å². The lowest BCUT2D eigenvalue weighted by Crippen LogP contribution is -2.16. The van der Waals surface area contributed by atoms with Gasteiger partial charge in [0, 0.05) is 6.42 Å². The zero-order valence-corrected chi connectivity index (χ0v) is 7.38. The molecule has 0 aromatic carbocycles. The Hall–Kier alpha value is -1.05. The highest BCUT2D eigenvalue weighted by Gasteiger charge is 2.33. The predicted molar refractivity (Wildman–Crippen MR) is 47.3 cm³/mol. The van der Waals surface area contributed by atoms with Gasteiger partial charge in [-0.2, -0.15) is 0 Å². The van der Waals surface area contributed by atoms with Gasteiger partial charge < -0.3 is 4.74 Å². The number of carbonyl (C=O) groups is 1. The average Bonchev–Trinajstić information content (AvgIpc) is 2.34. The van der Waals surface area contributed by atoms with Crippen molar-refractivity contribution in [3.63, 3.8) is 0 Å². The molecule has 1 fully saturated rings. The molecule has 66 valence electrons. The Morgan fingerprint density at radius 2 is 2.50 bits per heavy atom. The van der Waals surface area contributed by atoms with Gasteiger partial charge in [0.1, 0.15) is 5.76 Å². The molecule has 0 saturated carbocycles. The monoisotopic (exact) mass is 166 g/mol. The molecule has 2 heteroatoms. The van der Waals surface area contributed by atoms with E-state index in [-0.39, 0.29) is 17.8 Å². The zero-order chi connectivity index (χ0) is 9.14. The molecule has 1 heterocycles. The SMILES string of the molecule is C=CC(CC)C1CC(=C)OC1=O. The summed E-state index contributed by atoms with van der Waals surface area (Å²) in [4.78, 5) is 11.2. The quantitative estimate of drug-likeness (QED) is 0.475. The fourth-order valence-corrected chi connectivity index (χ4v) is 1.53. The topological polar surface area (TPSA) is 26.3 Å². The number of ether oxygens (including phenoxy) is 1. The Morgan fingerprint density at radius 1 is 1.83 bits per heavy atom. The Kier molecular flexibility index (Phi) is 2.69. The van der Waals surface area contributed by atoms with Crippen molar-refractivity contribution in [1.82, 2.24) is 0 Å². The molecule has 0 bridgehead atoms. The lowest BCUT2D eigenvalue weighted by atomic mass is 9.89. The molecule has 0 amide bonds. The van der Waals surface area contributed by atoms with Gasteiger partial charge in [-0.1, -0.05) is 19.6 Å².